The van der Waals surface area contributed by atoms with E-state index in [0.29, 0.717) is 19.7 Å². The van der Waals surface area contributed by atoms with Crippen molar-refractivity contribution in [3.8, 4) is 0 Å². The lowest BCUT2D eigenvalue weighted by molar-refractivity contribution is -0.0719. The summed E-state index contributed by atoms with van der Waals surface area (Å²) in [5.41, 5.74) is 0. The molecule has 0 aliphatic carbocycles. The van der Waals surface area contributed by atoms with Crippen LogP contribution in [0.1, 0.15) is 6.42 Å². The van der Waals surface area contributed by atoms with Gasteiger partial charge >= 0.3 is 0 Å². The van der Waals surface area contributed by atoms with Crippen LogP contribution in [-0.2, 0) is 14.8 Å². The van der Waals surface area contributed by atoms with Crippen LogP contribution in [0.25, 0.3) is 0 Å². The summed E-state index contributed by atoms with van der Waals surface area (Å²) in [4.78, 5) is 8.49. The quantitative estimate of drug-likeness (QED) is 0.785. The lowest BCUT2D eigenvalue weighted by Crippen LogP contribution is -2.60. The highest BCUT2D eigenvalue weighted by Crippen LogP contribution is 2.28. The molecular formula is C15H24N4O3S. The minimum Gasteiger partial charge on any atom is -0.375 e. The van der Waals surface area contributed by atoms with Crippen molar-refractivity contribution in [3.63, 3.8) is 0 Å². The Balaban J connectivity index is 1.88. The number of hydrogen-bond acceptors (Lipinski definition) is 6. The van der Waals surface area contributed by atoms with Crippen molar-refractivity contribution in [2.75, 3.05) is 52.3 Å². The van der Waals surface area contributed by atoms with E-state index in [1.54, 1.807) is 16.4 Å². The third-order valence-electron chi connectivity index (χ3n) is 4.52. The van der Waals surface area contributed by atoms with E-state index in [4.69, 9.17) is 4.74 Å². The molecule has 3 heterocycles. The van der Waals surface area contributed by atoms with Crippen LogP contribution in [0.2, 0.25) is 0 Å². The first-order chi connectivity index (χ1) is 10.9. The van der Waals surface area contributed by atoms with Gasteiger partial charge in [-0.25, -0.2) is 13.4 Å². The molecule has 23 heavy (non-hydrogen) atoms. The fraction of sp³-hybridized carbons (Fsp3) is 0.667. The van der Waals surface area contributed by atoms with Crippen LogP contribution < -0.4 is 4.90 Å². The summed E-state index contributed by atoms with van der Waals surface area (Å²) >= 11 is 0. The molecule has 0 amide bonds. The number of fused-ring (bicyclic) bond motifs is 1. The Morgan fingerprint density at radius 2 is 2.09 bits per heavy atom. The number of sulfonamides is 1. The highest BCUT2D eigenvalue weighted by Gasteiger charge is 2.42. The Morgan fingerprint density at radius 1 is 1.30 bits per heavy atom. The van der Waals surface area contributed by atoms with Crippen LogP contribution >= 0.6 is 0 Å². The number of ether oxygens (including phenoxy) is 1. The van der Waals surface area contributed by atoms with Crippen molar-refractivity contribution >= 4 is 15.8 Å². The Labute approximate surface area is 137 Å². The highest BCUT2D eigenvalue weighted by molar-refractivity contribution is 7.89. The van der Waals surface area contributed by atoms with Gasteiger partial charge in [-0.2, -0.15) is 4.31 Å². The van der Waals surface area contributed by atoms with E-state index in [0.717, 1.165) is 18.8 Å². The van der Waals surface area contributed by atoms with Crippen molar-refractivity contribution in [1.29, 1.82) is 0 Å². The van der Waals surface area contributed by atoms with E-state index in [1.807, 2.05) is 26.0 Å². The second-order valence-corrected chi connectivity index (χ2v) is 8.28. The zero-order valence-corrected chi connectivity index (χ0v) is 14.7. The molecule has 2 fully saturated rings. The Bertz CT molecular complexity index is 647. The molecule has 0 spiro atoms. The van der Waals surface area contributed by atoms with E-state index < -0.39 is 10.0 Å². The summed E-state index contributed by atoms with van der Waals surface area (Å²) in [6.45, 7) is 2.49. The van der Waals surface area contributed by atoms with Crippen molar-refractivity contribution in [2.45, 2.75) is 23.5 Å². The fourth-order valence-electron chi connectivity index (χ4n) is 3.22. The van der Waals surface area contributed by atoms with Crippen LogP contribution in [0.3, 0.4) is 0 Å². The Hall–Kier alpha value is -1.22. The maximum absolute atomic E-state index is 13.0. The minimum absolute atomic E-state index is 0.0104. The summed E-state index contributed by atoms with van der Waals surface area (Å²) in [7, 11) is 2.22. The van der Waals surface area contributed by atoms with Crippen LogP contribution in [0, 0.1) is 0 Å². The summed E-state index contributed by atoms with van der Waals surface area (Å²) in [5, 5.41) is 0. The number of aromatic nitrogens is 1. The minimum atomic E-state index is -3.55. The van der Waals surface area contributed by atoms with Gasteiger partial charge in [-0.3, -0.25) is 0 Å². The third kappa shape index (κ3) is 3.21. The van der Waals surface area contributed by atoms with Gasteiger partial charge in [0.15, 0.2) is 0 Å². The number of anilines is 1. The summed E-state index contributed by atoms with van der Waals surface area (Å²) in [6.07, 6.45) is 2.30. The van der Waals surface area contributed by atoms with Gasteiger partial charge in [0.25, 0.3) is 0 Å². The number of morpholine rings is 1. The zero-order valence-electron chi connectivity index (χ0n) is 13.8. The number of likely N-dealkylation sites (N-methyl/N-ethyl adjacent to an activating group) is 1. The first-order valence-electron chi connectivity index (χ1n) is 7.85. The maximum Gasteiger partial charge on any atom is 0.245 e. The zero-order chi connectivity index (χ0) is 16.6. The lowest BCUT2D eigenvalue weighted by atomic mass is 10.0. The molecule has 7 nitrogen and oxygen atoms in total. The Kier molecular flexibility index (Phi) is 4.59. The molecular weight excluding hydrogens is 316 g/mol. The molecule has 128 valence electrons. The summed E-state index contributed by atoms with van der Waals surface area (Å²) < 4.78 is 33.4. The summed E-state index contributed by atoms with van der Waals surface area (Å²) in [5.74, 6) is 0.737. The van der Waals surface area contributed by atoms with E-state index in [2.05, 4.69) is 9.88 Å². The topological polar surface area (TPSA) is 66.0 Å². The molecule has 2 aliphatic rings. The molecule has 0 N–H and O–H groups in total. The van der Waals surface area contributed by atoms with Crippen LogP contribution in [0.5, 0.6) is 0 Å². The van der Waals surface area contributed by atoms with E-state index >= 15 is 0 Å². The highest BCUT2D eigenvalue weighted by atomic mass is 32.2. The molecule has 0 radical (unpaired) electrons. The third-order valence-corrected chi connectivity index (χ3v) is 6.43. The first-order valence-corrected chi connectivity index (χ1v) is 9.29. The monoisotopic (exact) mass is 340 g/mol. The molecule has 8 heteroatoms. The van der Waals surface area contributed by atoms with E-state index in [-0.39, 0.29) is 17.0 Å². The van der Waals surface area contributed by atoms with E-state index in [9.17, 15) is 8.42 Å². The average molecular weight is 340 g/mol. The molecule has 0 saturated carbocycles. The van der Waals surface area contributed by atoms with Gasteiger partial charge in [-0.15, -0.1) is 0 Å². The molecule has 2 aliphatic heterocycles. The van der Waals surface area contributed by atoms with Gasteiger partial charge in [-0.05, 0) is 25.6 Å². The van der Waals surface area contributed by atoms with Gasteiger partial charge in [0.05, 0.1) is 18.8 Å². The standard InChI is InChI=1S/C15H24N4O3S/c1-17(2)15-5-4-12(10-16-15)23(20,21)19-8-9-22-14-6-7-18(3)11-13(14)19/h4-5,10,13-14H,6-9,11H2,1-3H3/t13-,14-/m1/s1. The van der Waals surface area contributed by atoms with Crippen molar-refractivity contribution < 1.29 is 13.2 Å². The molecule has 2 atom stereocenters. The van der Waals surface area contributed by atoms with Crippen LogP contribution in [0.15, 0.2) is 23.2 Å². The predicted molar refractivity (Wildman–Crippen MR) is 88.1 cm³/mol. The number of hydrogen-bond donors (Lipinski definition) is 0. The van der Waals surface area contributed by atoms with Crippen LogP contribution in [0.4, 0.5) is 5.82 Å². The van der Waals surface area contributed by atoms with Gasteiger partial charge in [-0.1, -0.05) is 0 Å². The largest absolute Gasteiger partial charge is 0.375 e. The molecule has 1 aromatic rings. The number of pyridine rings is 1. The van der Waals surface area contributed by atoms with Gasteiger partial charge in [0.2, 0.25) is 10.0 Å². The predicted octanol–water partition coefficient (Wildman–Crippen LogP) is 0.241. The summed E-state index contributed by atoms with van der Waals surface area (Å²) in [6, 6.07) is 3.24. The van der Waals surface area contributed by atoms with Crippen molar-refractivity contribution in [3.05, 3.63) is 18.3 Å². The average Bonchev–Trinajstić information content (AvgIpc) is 2.54. The Morgan fingerprint density at radius 3 is 2.74 bits per heavy atom. The first kappa shape index (κ1) is 16.6. The van der Waals surface area contributed by atoms with Crippen molar-refractivity contribution in [2.24, 2.45) is 0 Å². The fourth-order valence-corrected chi connectivity index (χ4v) is 4.79. The number of nitrogens with zero attached hydrogens (tertiary/aromatic N) is 4. The number of likely N-dealkylation sites (tertiary alicyclic amines) is 1. The maximum atomic E-state index is 13.0. The SMILES string of the molecule is CN1CC[C@H]2OCCN(S(=O)(=O)c3ccc(N(C)C)nc3)[C@@H]2C1. The van der Waals surface area contributed by atoms with Crippen LogP contribution in [-0.4, -0.2) is 82.1 Å². The molecule has 0 unspecified atom stereocenters. The van der Waals surface area contributed by atoms with Gasteiger partial charge in [0.1, 0.15) is 10.7 Å². The number of rotatable bonds is 3. The second-order valence-electron chi connectivity index (χ2n) is 6.39. The second kappa shape index (κ2) is 6.35. The lowest BCUT2D eigenvalue weighted by Gasteiger charge is -2.45. The van der Waals surface area contributed by atoms with Crippen molar-refractivity contribution in [1.82, 2.24) is 14.2 Å². The molecule has 0 aromatic carbocycles. The number of piperidine rings is 1. The molecule has 3 rings (SSSR count). The smallest absolute Gasteiger partial charge is 0.245 e. The normalized spacial score (nSPS) is 26.7. The molecule has 2 saturated heterocycles. The van der Waals surface area contributed by atoms with E-state index in [1.165, 1.54) is 6.20 Å². The van der Waals surface area contributed by atoms with Gasteiger partial charge in [0, 0.05) is 39.9 Å². The molecule has 1 aromatic heterocycles. The van der Waals surface area contributed by atoms with Gasteiger partial charge < -0.3 is 14.5 Å². The molecule has 0 bridgehead atoms.